The summed E-state index contributed by atoms with van der Waals surface area (Å²) in [6, 6.07) is 10.7. The third-order valence-corrected chi connectivity index (χ3v) is 4.94. The molecule has 0 bridgehead atoms. The second kappa shape index (κ2) is 8.93. The van der Waals surface area contributed by atoms with Gasteiger partial charge >= 0.3 is 0 Å². The maximum absolute atomic E-state index is 12.2. The lowest BCUT2D eigenvalue weighted by molar-refractivity contribution is -0.129. The van der Waals surface area contributed by atoms with E-state index in [1.165, 1.54) is 37.7 Å². The van der Waals surface area contributed by atoms with Crippen molar-refractivity contribution in [2.24, 2.45) is 0 Å². The molecule has 1 aromatic carbocycles. The van der Waals surface area contributed by atoms with Gasteiger partial charge in [0.05, 0.1) is 5.75 Å². The van der Waals surface area contributed by atoms with E-state index in [4.69, 9.17) is 0 Å². The molecule has 114 valence electrons. The lowest BCUT2D eigenvalue weighted by Gasteiger charge is -2.31. The predicted octanol–water partition coefficient (Wildman–Crippen LogP) is 4.22. The summed E-state index contributed by atoms with van der Waals surface area (Å²) in [5, 5.41) is 0. The number of nitrogens with zero attached hydrogens (tertiary/aromatic N) is 1. The summed E-state index contributed by atoms with van der Waals surface area (Å²) in [6.07, 6.45) is 10.5. The molecule has 1 fully saturated rings. The highest BCUT2D eigenvalue weighted by molar-refractivity contribution is 8.00. The minimum atomic E-state index is 0.278. The molecule has 0 spiro atoms. The smallest absolute Gasteiger partial charge is 0.232 e. The van der Waals surface area contributed by atoms with Crippen molar-refractivity contribution < 1.29 is 4.79 Å². The van der Waals surface area contributed by atoms with Gasteiger partial charge in [-0.05, 0) is 18.4 Å². The van der Waals surface area contributed by atoms with Crippen LogP contribution in [-0.4, -0.2) is 35.4 Å². The first-order valence-corrected chi connectivity index (χ1v) is 8.98. The number of hydrogen-bond donors (Lipinski definition) is 0. The van der Waals surface area contributed by atoms with Gasteiger partial charge in [0.2, 0.25) is 5.91 Å². The molecule has 1 saturated carbocycles. The summed E-state index contributed by atoms with van der Waals surface area (Å²) in [4.78, 5) is 14.1. The summed E-state index contributed by atoms with van der Waals surface area (Å²) in [6.45, 7) is 0. The van der Waals surface area contributed by atoms with E-state index >= 15 is 0 Å². The number of amides is 1. The van der Waals surface area contributed by atoms with Crippen molar-refractivity contribution in [3.63, 3.8) is 0 Å². The maximum Gasteiger partial charge on any atom is 0.232 e. The van der Waals surface area contributed by atoms with Gasteiger partial charge in [0, 0.05) is 18.8 Å². The van der Waals surface area contributed by atoms with E-state index < -0.39 is 0 Å². The molecule has 0 aliphatic heterocycles. The first-order valence-electron chi connectivity index (χ1n) is 7.82. The predicted molar refractivity (Wildman–Crippen MR) is 92.4 cm³/mol. The topological polar surface area (TPSA) is 20.3 Å². The van der Waals surface area contributed by atoms with Crippen molar-refractivity contribution >= 4 is 23.7 Å². The zero-order valence-electron chi connectivity index (χ0n) is 12.8. The van der Waals surface area contributed by atoms with Crippen molar-refractivity contribution in [1.82, 2.24) is 4.90 Å². The van der Waals surface area contributed by atoms with E-state index in [2.05, 4.69) is 24.3 Å². The fraction of sp³-hybridized carbons (Fsp3) is 0.500. The van der Waals surface area contributed by atoms with Crippen LogP contribution < -0.4 is 0 Å². The Hall–Kier alpha value is -1.22. The van der Waals surface area contributed by atoms with Crippen molar-refractivity contribution in [2.45, 2.75) is 38.1 Å². The Morgan fingerprint density at radius 3 is 2.67 bits per heavy atom. The molecule has 21 heavy (non-hydrogen) atoms. The molecule has 0 heterocycles. The number of hydrogen-bond acceptors (Lipinski definition) is 2. The molecule has 2 nitrogen and oxygen atoms in total. The fourth-order valence-corrected chi connectivity index (χ4v) is 3.46. The molecule has 0 aromatic heterocycles. The number of carbonyl (C=O) groups excluding carboxylic acids is 1. The molecular weight excluding hydrogens is 278 g/mol. The molecule has 2 rings (SSSR count). The third-order valence-electron chi connectivity index (χ3n) is 4.07. The maximum atomic E-state index is 12.2. The number of carbonyl (C=O) groups is 1. The molecule has 0 radical (unpaired) electrons. The van der Waals surface area contributed by atoms with Crippen LogP contribution in [0, 0.1) is 0 Å². The highest BCUT2D eigenvalue weighted by atomic mass is 32.2. The average molecular weight is 303 g/mol. The zero-order valence-corrected chi connectivity index (χ0v) is 13.6. The zero-order chi connectivity index (χ0) is 14.9. The van der Waals surface area contributed by atoms with Crippen LogP contribution in [0.15, 0.2) is 36.4 Å². The normalized spacial score (nSPS) is 16.2. The monoisotopic (exact) mass is 303 g/mol. The van der Waals surface area contributed by atoms with Crippen LogP contribution in [0.1, 0.15) is 37.7 Å². The quantitative estimate of drug-likeness (QED) is 0.733. The Balaban J connectivity index is 1.65. The number of rotatable bonds is 6. The van der Waals surface area contributed by atoms with Crippen LogP contribution in [0.25, 0.3) is 6.08 Å². The van der Waals surface area contributed by atoms with E-state index in [1.54, 1.807) is 11.8 Å². The van der Waals surface area contributed by atoms with Gasteiger partial charge in [0.1, 0.15) is 0 Å². The average Bonchev–Trinajstić information content (AvgIpc) is 2.55. The second-order valence-corrected chi connectivity index (χ2v) is 6.65. The van der Waals surface area contributed by atoms with Gasteiger partial charge in [-0.1, -0.05) is 61.7 Å². The highest BCUT2D eigenvalue weighted by Gasteiger charge is 2.21. The van der Waals surface area contributed by atoms with Crippen LogP contribution in [-0.2, 0) is 4.79 Å². The van der Waals surface area contributed by atoms with Crippen LogP contribution in [0.4, 0.5) is 0 Å². The Labute approximate surface area is 132 Å². The number of benzene rings is 1. The molecule has 0 saturated heterocycles. The van der Waals surface area contributed by atoms with Gasteiger partial charge in [0.15, 0.2) is 0 Å². The number of thioether (sulfide) groups is 1. The van der Waals surface area contributed by atoms with Gasteiger partial charge in [-0.15, -0.1) is 11.8 Å². The van der Waals surface area contributed by atoms with Gasteiger partial charge in [-0.2, -0.15) is 0 Å². The summed E-state index contributed by atoms with van der Waals surface area (Å²) in [7, 11) is 1.97. The molecule has 0 N–H and O–H groups in total. The Kier molecular flexibility index (Phi) is 6.87. The van der Waals surface area contributed by atoms with Crippen LogP contribution in [0.3, 0.4) is 0 Å². The summed E-state index contributed by atoms with van der Waals surface area (Å²) < 4.78 is 0. The van der Waals surface area contributed by atoms with E-state index in [0.29, 0.717) is 11.8 Å². The van der Waals surface area contributed by atoms with E-state index in [1.807, 2.05) is 30.1 Å². The molecular formula is C18H25NOS. The first kappa shape index (κ1) is 16.2. The minimum Gasteiger partial charge on any atom is -0.342 e. The SMILES string of the molecule is CN(C(=O)CSC/C=C/c1ccccc1)C1CCCCC1. The second-order valence-electron chi connectivity index (χ2n) is 5.62. The van der Waals surface area contributed by atoms with Gasteiger partial charge < -0.3 is 4.90 Å². The lowest BCUT2D eigenvalue weighted by atomic mass is 9.94. The summed E-state index contributed by atoms with van der Waals surface area (Å²) in [5.41, 5.74) is 1.21. The molecule has 1 amide bonds. The van der Waals surface area contributed by atoms with Crippen molar-refractivity contribution in [1.29, 1.82) is 0 Å². The van der Waals surface area contributed by atoms with Crippen molar-refractivity contribution in [2.75, 3.05) is 18.6 Å². The molecule has 1 aromatic rings. The highest BCUT2D eigenvalue weighted by Crippen LogP contribution is 2.22. The fourth-order valence-electron chi connectivity index (χ4n) is 2.74. The van der Waals surface area contributed by atoms with E-state index in [0.717, 1.165) is 5.75 Å². The third kappa shape index (κ3) is 5.58. The van der Waals surface area contributed by atoms with Crippen LogP contribution >= 0.6 is 11.8 Å². The first-order chi connectivity index (χ1) is 10.3. The Morgan fingerprint density at radius 1 is 1.24 bits per heavy atom. The Morgan fingerprint density at radius 2 is 1.95 bits per heavy atom. The standard InChI is InChI=1S/C18H25NOS/c1-19(17-12-6-3-7-13-17)18(20)15-21-14-8-11-16-9-4-2-5-10-16/h2,4-5,8-11,17H,3,6-7,12-15H2,1H3/b11-8+. The van der Waals surface area contributed by atoms with Gasteiger partial charge in [-0.25, -0.2) is 0 Å². The summed E-state index contributed by atoms with van der Waals surface area (Å²) >= 11 is 1.69. The largest absolute Gasteiger partial charge is 0.342 e. The van der Waals surface area contributed by atoms with Crippen LogP contribution in [0.5, 0.6) is 0 Å². The molecule has 1 aliphatic rings. The molecule has 1 aliphatic carbocycles. The minimum absolute atomic E-state index is 0.278. The van der Waals surface area contributed by atoms with E-state index in [-0.39, 0.29) is 5.91 Å². The molecule has 3 heteroatoms. The van der Waals surface area contributed by atoms with Crippen LogP contribution in [0.2, 0.25) is 0 Å². The van der Waals surface area contributed by atoms with Crippen molar-refractivity contribution in [3.8, 4) is 0 Å². The molecule has 0 unspecified atom stereocenters. The van der Waals surface area contributed by atoms with Crippen molar-refractivity contribution in [3.05, 3.63) is 42.0 Å². The Bertz CT molecular complexity index is 452. The molecule has 0 atom stereocenters. The van der Waals surface area contributed by atoms with Gasteiger partial charge in [-0.3, -0.25) is 4.79 Å². The van der Waals surface area contributed by atoms with E-state index in [9.17, 15) is 4.79 Å². The lowest BCUT2D eigenvalue weighted by Crippen LogP contribution is -2.39. The van der Waals surface area contributed by atoms with Gasteiger partial charge in [0.25, 0.3) is 0 Å². The summed E-state index contributed by atoms with van der Waals surface area (Å²) in [5.74, 6) is 1.76.